The van der Waals surface area contributed by atoms with Gasteiger partial charge in [0, 0.05) is 49.0 Å². The first-order valence-electron chi connectivity index (χ1n) is 12.2. The molecule has 3 aromatic carbocycles. The number of β-amino-alcohol motifs (C(OH)–C–C–N with tert-alkyl or cyclic N) is 1. The Morgan fingerprint density at radius 2 is 1.86 bits per heavy atom. The summed E-state index contributed by atoms with van der Waals surface area (Å²) < 4.78 is 0. The Balaban J connectivity index is 1.57. The van der Waals surface area contributed by atoms with Gasteiger partial charge in [-0.1, -0.05) is 47.5 Å². The maximum atomic E-state index is 12.4. The van der Waals surface area contributed by atoms with Crippen LogP contribution in [0.15, 0.2) is 66.7 Å². The maximum Gasteiger partial charge on any atom is 0.251 e. The Morgan fingerprint density at radius 3 is 2.57 bits per heavy atom. The second-order valence-corrected chi connectivity index (χ2v) is 10.4. The molecule has 4 rings (SSSR count). The van der Waals surface area contributed by atoms with Crippen LogP contribution in [0.4, 0.5) is 11.4 Å². The van der Waals surface area contributed by atoms with Gasteiger partial charge in [0.1, 0.15) is 0 Å². The summed E-state index contributed by atoms with van der Waals surface area (Å²) in [6.07, 6.45) is 0. The van der Waals surface area contributed by atoms with Crippen LogP contribution in [0, 0.1) is 0 Å². The van der Waals surface area contributed by atoms with E-state index in [0.717, 1.165) is 11.3 Å². The number of amides is 1. The number of nitrogens with two attached hydrogens (primary N) is 1. The second kappa shape index (κ2) is 11.7. The zero-order valence-electron chi connectivity index (χ0n) is 20.7. The van der Waals surface area contributed by atoms with Gasteiger partial charge in [-0.3, -0.25) is 9.69 Å². The summed E-state index contributed by atoms with van der Waals surface area (Å²) in [7, 11) is 0. The van der Waals surface area contributed by atoms with Crippen molar-refractivity contribution < 1.29 is 15.0 Å². The fourth-order valence-corrected chi connectivity index (χ4v) is 5.21. The van der Waals surface area contributed by atoms with Gasteiger partial charge in [0.2, 0.25) is 0 Å². The highest BCUT2D eigenvalue weighted by atomic mass is 35.5. The van der Waals surface area contributed by atoms with Gasteiger partial charge in [0.25, 0.3) is 5.91 Å². The molecule has 1 fully saturated rings. The minimum Gasteiger partial charge on any atom is -0.399 e. The molecule has 0 radical (unpaired) electrons. The van der Waals surface area contributed by atoms with E-state index in [1.807, 2.05) is 42.5 Å². The molecule has 7 nitrogen and oxygen atoms in total. The third-order valence-electron chi connectivity index (χ3n) is 6.68. The smallest absolute Gasteiger partial charge is 0.251 e. The molecule has 1 aliphatic rings. The van der Waals surface area contributed by atoms with Gasteiger partial charge >= 0.3 is 0 Å². The Labute approximate surface area is 227 Å². The SMILES string of the molecule is C[C@@](O)(CN1CCN(c2ccc(N)cc2Cl)[C@H](c2ccc(Cl)cc2)C1)c1cccc(C(=O)NCCO)c1. The monoisotopic (exact) mass is 542 g/mol. The van der Waals surface area contributed by atoms with Gasteiger partial charge in [-0.15, -0.1) is 0 Å². The van der Waals surface area contributed by atoms with E-state index in [4.69, 9.17) is 34.0 Å². The molecular weight excluding hydrogens is 511 g/mol. The summed E-state index contributed by atoms with van der Waals surface area (Å²) in [6, 6.07) is 20.3. The largest absolute Gasteiger partial charge is 0.399 e. The number of rotatable bonds is 8. The normalized spacial score (nSPS) is 17.9. The van der Waals surface area contributed by atoms with Crippen molar-refractivity contribution in [3.8, 4) is 0 Å². The molecule has 2 atom stereocenters. The van der Waals surface area contributed by atoms with Crippen molar-refractivity contribution in [2.24, 2.45) is 0 Å². The van der Waals surface area contributed by atoms with Crippen molar-refractivity contribution in [1.29, 1.82) is 0 Å². The minimum atomic E-state index is -1.20. The third-order valence-corrected chi connectivity index (χ3v) is 7.23. The topological polar surface area (TPSA) is 102 Å². The Bertz CT molecular complexity index is 1240. The summed E-state index contributed by atoms with van der Waals surface area (Å²) in [5, 5.41) is 24.4. The first-order chi connectivity index (χ1) is 17.7. The number of hydrogen-bond acceptors (Lipinski definition) is 6. The van der Waals surface area contributed by atoms with Crippen LogP contribution in [0.25, 0.3) is 0 Å². The van der Waals surface area contributed by atoms with Crippen LogP contribution >= 0.6 is 23.2 Å². The van der Waals surface area contributed by atoms with Crippen LogP contribution in [0.5, 0.6) is 0 Å². The standard InChI is InChI=1S/C28H32Cl2N4O3/c1-28(37,21-4-2-3-20(15-21)27(36)32-11-14-35)18-33-12-13-34(25-10-9-23(31)16-24(25)30)26(17-33)19-5-7-22(29)8-6-19/h2-10,15-16,26,35,37H,11-14,17-18,31H2,1H3,(H,32,36)/t26-,28+/m0/s1. The van der Waals surface area contributed by atoms with Gasteiger partial charge < -0.3 is 26.2 Å². The fourth-order valence-electron chi connectivity index (χ4n) is 4.79. The summed E-state index contributed by atoms with van der Waals surface area (Å²) in [4.78, 5) is 16.9. The van der Waals surface area contributed by atoms with Crippen molar-refractivity contribution in [1.82, 2.24) is 10.2 Å². The van der Waals surface area contributed by atoms with Crippen molar-refractivity contribution in [2.45, 2.75) is 18.6 Å². The number of benzene rings is 3. The molecular formula is C28H32Cl2N4O3. The Morgan fingerprint density at radius 1 is 1.11 bits per heavy atom. The predicted octanol–water partition coefficient (Wildman–Crippen LogP) is 4.07. The zero-order valence-corrected chi connectivity index (χ0v) is 22.2. The van der Waals surface area contributed by atoms with Gasteiger partial charge in [0.15, 0.2) is 0 Å². The second-order valence-electron chi connectivity index (χ2n) is 9.54. The number of anilines is 2. The van der Waals surface area contributed by atoms with Crippen LogP contribution in [-0.4, -0.2) is 60.4 Å². The first kappa shape index (κ1) is 27.2. The first-order valence-corrected chi connectivity index (χ1v) is 12.9. The Kier molecular flexibility index (Phi) is 8.62. The number of nitrogen functional groups attached to an aromatic ring is 1. The number of hydrogen-bond donors (Lipinski definition) is 4. The molecule has 1 heterocycles. The number of aliphatic hydroxyl groups excluding tert-OH is 1. The van der Waals surface area contributed by atoms with E-state index >= 15 is 0 Å². The molecule has 1 amide bonds. The van der Waals surface area contributed by atoms with E-state index in [2.05, 4.69) is 15.1 Å². The molecule has 0 bridgehead atoms. The van der Waals surface area contributed by atoms with Crippen molar-refractivity contribution in [3.63, 3.8) is 0 Å². The van der Waals surface area contributed by atoms with Crippen LogP contribution < -0.4 is 16.0 Å². The fraction of sp³-hybridized carbons (Fsp3) is 0.321. The summed E-state index contributed by atoms with van der Waals surface area (Å²) in [5.74, 6) is -0.288. The van der Waals surface area contributed by atoms with Gasteiger partial charge in [-0.25, -0.2) is 0 Å². The van der Waals surface area contributed by atoms with E-state index < -0.39 is 5.60 Å². The minimum absolute atomic E-state index is 0.0291. The van der Waals surface area contributed by atoms with Gasteiger partial charge in [-0.2, -0.15) is 0 Å². The molecule has 1 saturated heterocycles. The number of carbonyl (C=O) groups excluding carboxylic acids is 1. The van der Waals surface area contributed by atoms with Crippen LogP contribution in [0.3, 0.4) is 0 Å². The van der Waals surface area contributed by atoms with Gasteiger partial charge in [-0.05, 0) is 60.5 Å². The van der Waals surface area contributed by atoms with E-state index in [-0.39, 0.29) is 25.1 Å². The Hall–Kier alpha value is -2.81. The molecule has 1 aliphatic heterocycles. The summed E-state index contributed by atoms with van der Waals surface area (Å²) in [5.41, 5.74) is 8.42. The van der Waals surface area contributed by atoms with Crippen molar-refractivity contribution >= 4 is 40.5 Å². The third kappa shape index (κ3) is 6.55. The van der Waals surface area contributed by atoms with Crippen molar-refractivity contribution in [3.05, 3.63) is 93.5 Å². The molecule has 5 N–H and O–H groups in total. The van der Waals surface area contributed by atoms with Crippen LogP contribution in [0.1, 0.15) is 34.5 Å². The molecule has 0 saturated carbocycles. The van der Waals surface area contributed by atoms with Gasteiger partial charge in [0.05, 0.1) is 29.0 Å². The number of nitrogens with one attached hydrogen (secondary N) is 1. The lowest BCUT2D eigenvalue weighted by Crippen LogP contribution is -2.52. The number of piperazine rings is 1. The van der Waals surface area contributed by atoms with E-state index in [0.29, 0.717) is 53.0 Å². The highest BCUT2D eigenvalue weighted by Crippen LogP contribution is 2.37. The molecule has 0 aromatic heterocycles. The summed E-state index contributed by atoms with van der Waals surface area (Å²) in [6.45, 7) is 4.23. The molecule has 9 heteroatoms. The molecule has 0 aliphatic carbocycles. The lowest BCUT2D eigenvalue weighted by atomic mass is 9.92. The van der Waals surface area contributed by atoms with E-state index in [1.54, 1.807) is 31.2 Å². The molecule has 196 valence electrons. The average molecular weight is 543 g/mol. The maximum absolute atomic E-state index is 12.4. The highest BCUT2D eigenvalue weighted by Gasteiger charge is 2.34. The zero-order chi connectivity index (χ0) is 26.6. The average Bonchev–Trinajstić information content (AvgIpc) is 2.88. The number of nitrogens with zero attached hydrogens (tertiary/aromatic N) is 2. The number of aliphatic hydroxyl groups is 2. The molecule has 0 spiro atoms. The van der Waals surface area contributed by atoms with E-state index in [9.17, 15) is 9.90 Å². The quantitative estimate of drug-likeness (QED) is 0.320. The van der Waals surface area contributed by atoms with Crippen LogP contribution in [0.2, 0.25) is 10.0 Å². The number of carbonyl (C=O) groups is 1. The molecule has 37 heavy (non-hydrogen) atoms. The lowest BCUT2D eigenvalue weighted by Gasteiger charge is -2.45. The lowest BCUT2D eigenvalue weighted by molar-refractivity contribution is 0.0103. The van der Waals surface area contributed by atoms with Crippen molar-refractivity contribution in [2.75, 3.05) is 50.0 Å². The number of halogens is 2. The molecule has 3 aromatic rings. The molecule has 0 unspecified atom stereocenters. The van der Waals surface area contributed by atoms with E-state index in [1.165, 1.54) is 0 Å². The van der Waals surface area contributed by atoms with Crippen LogP contribution in [-0.2, 0) is 5.60 Å². The highest BCUT2D eigenvalue weighted by molar-refractivity contribution is 6.33. The predicted molar refractivity (Wildman–Crippen MR) is 149 cm³/mol. The summed E-state index contributed by atoms with van der Waals surface area (Å²) >= 11 is 12.8.